The van der Waals surface area contributed by atoms with E-state index < -0.39 is 0 Å². The molecule has 0 spiro atoms. The van der Waals surface area contributed by atoms with Gasteiger partial charge in [0.15, 0.2) is 0 Å². The summed E-state index contributed by atoms with van der Waals surface area (Å²) in [5, 5.41) is 3.40. The Balaban J connectivity index is 2.37. The second-order valence-electron chi connectivity index (χ2n) is 4.27. The van der Waals surface area contributed by atoms with E-state index in [1.54, 1.807) is 0 Å². The lowest BCUT2D eigenvalue weighted by Crippen LogP contribution is -2.12. The number of aromatic nitrogens is 2. The molecule has 1 aromatic heterocycles. The third-order valence-corrected chi connectivity index (χ3v) is 3.16. The van der Waals surface area contributed by atoms with Gasteiger partial charge in [-0.05, 0) is 32.4 Å². The molecule has 0 radical (unpaired) electrons. The highest BCUT2D eigenvalue weighted by molar-refractivity contribution is 5.29. The van der Waals surface area contributed by atoms with Crippen molar-refractivity contribution in [1.29, 1.82) is 0 Å². The fourth-order valence-electron chi connectivity index (χ4n) is 2.44. The van der Waals surface area contributed by atoms with Crippen LogP contribution in [0.5, 0.6) is 0 Å². The molecule has 82 valence electrons. The van der Waals surface area contributed by atoms with E-state index in [1.165, 1.54) is 23.4 Å². The van der Waals surface area contributed by atoms with Gasteiger partial charge in [0.25, 0.3) is 0 Å². The molecule has 0 bridgehead atoms. The number of hydrogen-bond acceptors (Lipinski definition) is 3. The molecule has 3 nitrogen and oxygen atoms in total. The van der Waals surface area contributed by atoms with Crippen molar-refractivity contribution < 1.29 is 0 Å². The quantitative estimate of drug-likeness (QED) is 0.799. The number of nitrogens with zero attached hydrogens (tertiary/aromatic N) is 2. The van der Waals surface area contributed by atoms with Gasteiger partial charge in [0.05, 0.1) is 0 Å². The van der Waals surface area contributed by atoms with Gasteiger partial charge >= 0.3 is 0 Å². The molecule has 2 rings (SSSR count). The average molecular weight is 205 g/mol. The lowest BCUT2D eigenvalue weighted by molar-refractivity contribution is 0.723. The average Bonchev–Trinajstić information content (AvgIpc) is 2.69. The summed E-state index contributed by atoms with van der Waals surface area (Å²) >= 11 is 0. The van der Waals surface area contributed by atoms with Crippen molar-refractivity contribution in [1.82, 2.24) is 15.3 Å². The van der Waals surface area contributed by atoms with Gasteiger partial charge in [-0.3, -0.25) is 0 Å². The van der Waals surface area contributed by atoms with E-state index in [-0.39, 0.29) is 0 Å². The molecule has 0 saturated carbocycles. The maximum atomic E-state index is 4.56. The topological polar surface area (TPSA) is 37.8 Å². The van der Waals surface area contributed by atoms with E-state index in [9.17, 15) is 0 Å². The standard InChI is InChI=1S/C12H19N3/c1-4-11-14-8(2)12(9(3)15-11)10-5-6-13-7-10/h10,13H,4-7H2,1-3H3. The van der Waals surface area contributed by atoms with Crippen LogP contribution in [-0.4, -0.2) is 23.1 Å². The summed E-state index contributed by atoms with van der Waals surface area (Å²) in [6, 6.07) is 0. The van der Waals surface area contributed by atoms with E-state index >= 15 is 0 Å². The minimum atomic E-state index is 0.621. The van der Waals surface area contributed by atoms with Gasteiger partial charge < -0.3 is 5.32 Å². The van der Waals surface area contributed by atoms with Crippen LogP contribution in [0.4, 0.5) is 0 Å². The summed E-state index contributed by atoms with van der Waals surface area (Å²) < 4.78 is 0. The van der Waals surface area contributed by atoms with Crippen molar-refractivity contribution in [3.05, 3.63) is 22.8 Å². The predicted molar refractivity (Wildman–Crippen MR) is 61.1 cm³/mol. The van der Waals surface area contributed by atoms with Crippen LogP contribution >= 0.6 is 0 Å². The first-order chi connectivity index (χ1) is 7.22. The van der Waals surface area contributed by atoms with Crippen LogP contribution in [0.3, 0.4) is 0 Å². The normalized spacial score (nSPS) is 20.9. The molecule has 1 unspecified atom stereocenters. The molecule has 3 heteroatoms. The summed E-state index contributed by atoms with van der Waals surface area (Å²) in [6.45, 7) is 8.53. The molecule has 1 aromatic rings. The Bertz CT molecular complexity index is 331. The Hall–Kier alpha value is -0.960. The van der Waals surface area contributed by atoms with Crippen molar-refractivity contribution in [2.45, 2.75) is 39.5 Å². The van der Waals surface area contributed by atoms with Gasteiger partial charge in [-0.2, -0.15) is 0 Å². The summed E-state index contributed by atoms with van der Waals surface area (Å²) in [6.07, 6.45) is 2.14. The van der Waals surface area contributed by atoms with Gasteiger partial charge in [0.1, 0.15) is 5.82 Å². The highest BCUT2D eigenvalue weighted by atomic mass is 14.9. The molecule has 0 aromatic carbocycles. The predicted octanol–water partition coefficient (Wildman–Crippen LogP) is 1.73. The fraction of sp³-hybridized carbons (Fsp3) is 0.667. The summed E-state index contributed by atoms with van der Waals surface area (Å²) in [5.41, 5.74) is 3.72. The zero-order valence-electron chi connectivity index (χ0n) is 9.80. The van der Waals surface area contributed by atoms with Gasteiger partial charge in [-0.25, -0.2) is 9.97 Å². The Kier molecular flexibility index (Phi) is 3.00. The third-order valence-electron chi connectivity index (χ3n) is 3.16. The summed E-state index contributed by atoms with van der Waals surface area (Å²) in [7, 11) is 0. The Morgan fingerprint density at radius 2 is 1.93 bits per heavy atom. The summed E-state index contributed by atoms with van der Waals surface area (Å²) in [4.78, 5) is 9.12. The maximum absolute atomic E-state index is 4.56. The monoisotopic (exact) mass is 205 g/mol. The van der Waals surface area contributed by atoms with Crippen LogP contribution < -0.4 is 5.32 Å². The second-order valence-corrected chi connectivity index (χ2v) is 4.27. The first kappa shape index (κ1) is 10.6. The zero-order valence-corrected chi connectivity index (χ0v) is 9.80. The molecule has 1 fully saturated rings. The van der Waals surface area contributed by atoms with Gasteiger partial charge in [0, 0.05) is 30.3 Å². The number of hydrogen-bond donors (Lipinski definition) is 1. The zero-order chi connectivity index (χ0) is 10.8. The molecule has 15 heavy (non-hydrogen) atoms. The fourth-order valence-corrected chi connectivity index (χ4v) is 2.44. The van der Waals surface area contributed by atoms with E-state index in [4.69, 9.17) is 0 Å². The molecule has 0 amide bonds. The first-order valence-electron chi connectivity index (χ1n) is 5.77. The lowest BCUT2D eigenvalue weighted by atomic mass is 9.95. The van der Waals surface area contributed by atoms with Crippen LogP contribution in [-0.2, 0) is 6.42 Å². The third kappa shape index (κ3) is 2.02. The first-order valence-corrected chi connectivity index (χ1v) is 5.77. The van der Waals surface area contributed by atoms with E-state index in [2.05, 4.69) is 36.1 Å². The lowest BCUT2D eigenvalue weighted by Gasteiger charge is -2.15. The molecule has 2 heterocycles. The van der Waals surface area contributed by atoms with Crippen molar-refractivity contribution in [2.75, 3.05) is 13.1 Å². The van der Waals surface area contributed by atoms with Crippen molar-refractivity contribution in [3.8, 4) is 0 Å². The van der Waals surface area contributed by atoms with Gasteiger partial charge in [-0.1, -0.05) is 6.92 Å². The van der Waals surface area contributed by atoms with Crippen LogP contribution in [0.1, 0.15) is 42.0 Å². The smallest absolute Gasteiger partial charge is 0.128 e. The number of aryl methyl sites for hydroxylation is 3. The molecule has 1 aliphatic heterocycles. The molecule has 1 saturated heterocycles. The molecule has 1 atom stereocenters. The van der Waals surface area contributed by atoms with Crippen molar-refractivity contribution in [2.24, 2.45) is 0 Å². The van der Waals surface area contributed by atoms with E-state index in [0.717, 1.165) is 25.3 Å². The van der Waals surface area contributed by atoms with Crippen molar-refractivity contribution >= 4 is 0 Å². The SMILES string of the molecule is CCc1nc(C)c(C2CCNC2)c(C)n1. The van der Waals surface area contributed by atoms with Crippen LogP contribution in [0, 0.1) is 13.8 Å². The summed E-state index contributed by atoms with van der Waals surface area (Å²) in [5.74, 6) is 1.59. The molecule has 0 aliphatic carbocycles. The minimum absolute atomic E-state index is 0.621. The highest BCUT2D eigenvalue weighted by Crippen LogP contribution is 2.26. The highest BCUT2D eigenvalue weighted by Gasteiger charge is 2.21. The largest absolute Gasteiger partial charge is 0.316 e. The molecule has 1 aliphatic rings. The van der Waals surface area contributed by atoms with Gasteiger partial charge in [0.2, 0.25) is 0 Å². The van der Waals surface area contributed by atoms with Crippen molar-refractivity contribution in [3.63, 3.8) is 0 Å². The number of rotatable bonds is 2. The van der Waals surface area contributed by atoms with Crippen LogP contribution in [0.2, 0.25) is 0 Å². The Labute approximate surface area is 91.3 Å². The molecule has 1 N–H and O–H groups in total. The van der Waals surface area contributed by atoms with Crippen LogP contribution in [0.15, 0.2) is 0 Å². The molecular formula is C12H19N3. The van der Waals surface area contributed by atoms with E-state index in [1.807, 2.05) is 0 Å². The Morgan fingerprint density at radius 3 is 2.40 bits per heavy atom. The molecular weight excluding hydrogens is 186 g/mol. The minimum Gasteiger partial charge on any atom is -0.316 e. The van der Waals surface area contributed by atoms with E-state index in [0.29, 0.717) is 5.92 Å². The second kappa shape index (κ2) is 4.27. The maximum Gasteiger partial charge on any atom is 0.128 e. The van der Waals surface area contributed by atoms with Gasteiger partial charge in [-0.15, -0.1) is 0 Å². The number of nitrogens with one attached hydrogen (secondary N) is 1. The van der Waals surface area contributed by atoms with Crippen LogP contribution in [0.25, 0.3) is 0 Å². The Morgan fingerprint density at radius 1 is 1.27 bits per heavy atom.